The number of nitrogens with one attached hydrogen (secondary N) is 2. The third-order valence-corrected chi connectivity index (χ3v) is 7.92. The fourth-order valence-electron chi connectivity index (χ4n) is 5.63. The van der Waals surface area contributed by atoms with Gasteiger partial charge in [0.2, 0.25) is 0 Å². The van der Waals surface area contributed by atoms with Crippen LogP contribution in [0.3, 0.4) is 0 Å². The van der Waals surface area contributed by atoms with Crippen LogP contribution < -0.4 is 20.3 Å². The summed E-state index contributed by atoms with van der Waals surface area (Å²) in [7, 11) is 3.14. The molecular formula is C30H36N8O4. The van der Waals surface area contributed by atoms with Crippen LogP contribution in [-0.2, 0) is 11.3 Å². The van der Waals surface area contributed by atoms with Gasteiger partial charge in [-0.05, 0) is 54.8 Å². The van der Waals surface area contributed by atoms with Crippen LogP contribution in [0.25, 0.3) is 22.4 Å². The van der Waals surface area contributed by atoms with Crippen molar-refractivity contribution in [3.63, 3.8) is 0 Å². The van der Waals surface area contributed by atoms with Gasteiger partial charge in [-0.25, -0.2) is 19.4 Å². The first-order valence-corrected chi connectivity index (χ1v) is 14.3. The molecule has 42 heavy (non-hydrogen) atoms. The fourth-order valence-corrected chi connectivity index (χ4v) is 5.63. The number of phenols is 1. The number of phenolic OH excluding ortho intramolecular Hbond substituents is 1. The Kier molecular flexibility index (Phi) is 8.06. The fraction of sp³-hybridized carbons (Fsp3) is 0.400. The molecule has 2 aliphatic rings. The molecule has 0 saturated carbocycles. The van der Waals surface area contributed by atoms with Gasteiger partial charge in [0.25, 0.3) is 0 Å². The van der Waals surface area contributed by atoms with Crippen LogP contribution in [0.2, 0.25) is 0 Å². The molecule has 3 N–H and O–H groups in total. The molecule has 0 spiro atoms. The van der Waals surface area contributed by atoms with Crippen LogP contribution in [0.15, 0.2) is 48.7 Å². The Morgan fingerprint density at radius 2 is 1.83 bits per heavy atom. The Morgan fingerprint density at radius 3 is 2.52 bits per heavy atom. The number of benzene rings is 2. The summed E-state index contributed by atoms with van der Waals surface area (Å²) < 4.78 is 12.9. The maximum atomic E-state index is 11.7. The molecule has 4 aromatic rings. The highest BCUT2D eigenvalue weighted by atomic mass is 16.5. The third-order valence-electron chi connectivity index (χ3n) is 7.92. The van der Waals surface area contributed by atoms with Crippen LogP contribution >= 0.6 is 0 Å². The first-order chi connectivity index (χ1) is 20.5. The van der Waals surface area contributed by atoms with Gasteiger partial charge < -0.3 is 30.1 Å². The van der Waals surface area contributed by atoms with Crippen molar-refractivity contribution in [3.8, 4) is 22.9 Å². The van der Waals surface area contributed by atoms with Gasteiger partial charge in [-0.15, -0.1) is 0 Å². The van der Waals surface area contributed by atoms with Gasteiger partial charge in [0, 0.05) is 51.0 Å². The number of ether oxygens (including phenoxy) is 2. The molecule has 12 nitrogen and oxygen atoms in total. The Balaban J connectivity index is 1.25. The maximum Gasteiger partial charge on any atom is 0.318 e. The maximum absolute atomic E-state index is 11.7. The van der Waals surface area contributed by atoms with Crippen molar-refractivity contribution in [2.45, 2.75) is 25.4 Å². The average Bonchev–Trinajstić information content (AvgIpc) is 3.46. The van der Waals surface area contributed by atoms with Gasteiger partial charge in [0.1, 0.15) is 5.82 Å². The molecule has 2 saturated heterocycles. The average molecular weight is 573 g/mol. The summed E-state index contributed by atoms with van der Waals surface area (Å²) >= 11 is 0. The lowest BCUT2D eigenvalue weighted by Gasteiger charge is -2.32. The Morgan fingerprint density at radius 1 is 1.07 bits per heavy atom. The highest BCUT2D eigenvalue weighted by Gasteiger charge is 2.26. The molecule has 4 heterocycles. The van der Waals surface area contributed by atoms with Gasteiger partial charge >= 0.3 is 6.03 Å². The predicted octanol–water partition coefficient (Wildman–Crippen LogP) is 3.63. The SMILES string of the molecule is CNC(=O)Nc1ccc(-c2nc(N3CCOCC3)c3cnn(C4CCN(Cc5ccc(OC)c(O)c5)CC4)c3n2)cc1. The lowest BCUT2D eigenvalue weighted by atomic mass is 10.0. The second-order valence-corrected chi connectivity index (χ2v) is 10.6. The minimum absolute atomic E-state index is 0.164. The first-order valence-electron chi connectivity index (χ1n) is 14.3. The topological polar surface area (TPSA) is 130 Å². The highest BCUT2D eigenvalue weighted by Crippen LogP contribution is 2.33. The number of hydrogen-bond acceptors (Lipinski definition) is 9. The number of methoxy groups -OCH3 is 1. The van der Waals surface area contributed by atoms with Crippen LogP contribution in [0.4, 0.5) is 16.3 Å². The number of rotatable bonds is 7. The minimum Gasteiger partial charge on any atom is -0.504 e. The van der Waals surface area contributed by atoms with E-state index < -0.39 is 0 Å². The van der Waals surface area contributed by atoms with Gasteiger partial charge in [0.05, 0.1) is 37.9 Å². The molecule has 12 heteroatoms. The van der Waals surface area contributed by atoms with E-state index in [0.29, 0.717) is 30.5 Å². The summed E-state index contributed by atoms with van der Waals surface area (Å²) in [5.74, 6) is 2.14. The van der Waals surface area contributed by atoms with E-state index in [-0.39, 0.29) is 17.8 Å². The predicted molar refractivity (Wildman–Crippen MR) is 160 cm³/mol. The van der Waals surface area contributed by atoms with Gasteiger partial charge in [-0.2, -0.15) is 5.10 Å². The van der Waals surface area contributed by atoms with Crippen molar-refractivity contribution in [2.24, 2.45) is 0 Å². The zero-order chi connectivity index (χ0) is 29.1. The van der Waals surface area contributed by atoms with E-state index in [9.17, 15) is 9.90 Å². The number of piperidine rings is 1. The molecule has 0 atom stereocenters. The number of anilines is 2. The second-order valence-electron chi connectivity index (χ2n) is 10.6. The Bertz CT molecular complexity index is 1540. The summed E-state index contributed by atoms with van der Waals surface area (Å²) in [4.78, 5) is 26.4. The molecule has 0 unspecified atom stereocenters. The van der Waals surface area contributed by atoms with Crippen molar-refractivity contribution in [3.05, 3.63) is 54.2 Å². The monoisotopic (exact) mass is 572 g/mol. The Labute approximate surface area is 244 Å². The third kappa shape index (κ3) is 5.81. The number of aromatic hydroxyl groups is 1. The number of likely N-dealkylation sites (tertiary alicyclic amines) is 1. The summed E-state index contributed by atoms with van der Waals surface area (Å²) in [6.07, 6.45) is 3.77. The van der Waals surface area contributed by atoms with Crippen molar-refractivity contribution in [1.82, 2.24) is 30.0 Å². The van der Waals surface area contributed by atoms with Crippen molar-refractivity contribution in [1.29, 1.82) is 0 Å². The van der Waals surface area contributed by atoms with Crippen molar-refractivity contribution >= 4 is 28.6 Å². The number of hydrogen-bond donors (Lipinski definition) is 3. The molecule has 220 valence electrons. The molecule has 2 aromatic heterocycles. The van der Waals surface area contributed by atoms with Crippen molar-refractivity contribution in [2.75, 3.05) is 63.8 Å². The molecule has 0 bridgehead atoms. The lowest BCUT2D eigenvalue weighted by molar-refractivity contribution is 0.122. The van der Waals surface area contributed by atoms with Gasteiger partial charge in [0.15, 0.2) is 23.0 Å². The molecule has 0 aliphatic carbocycles. The van der Waals surface area contributed by atoms with E-state index in [0.717, 1.165) is 73.5 Å². The van der Waals surface area contributed by atoms with Crippen molar-refractivity contribution < 1.29 is 19.4 Å². The summed E-state index contributed by atoms with van der Waals surface area (Å²) in [6.45, 7) is 5.40. The lowest BCUT2D eigenvalue weighted by Crippen LogP contribution is -2.37. The van der Waals surface area contributed by atoms with E-state index in [1.54, 1.807) is 20.2 Å². The molecule has 0 radical (unpaired) electrons. The van der Waals surface area contributed by atoms with Gasteiger partial charge in [-0.1, -0.05) is 6.07 Å². The van der Waals surface area contributed by atoms with Crippen LogP contribution in [0.1, 0.15) is 24.4 Å². The molecular weight excluding hydrogens is 536 g/mol. The largest absolute Gasteiger partial charge is 0.504 e. The highest BCUT2D eigenvalue weighted by molar-refractivity contribution is 5.90. The normalized spacial score (nSPS) is 16.5. The molecule has 2 aromatic carbocycles. The van der Waals surface area contributed by atoms with E-state index in [1.165, 1.54) is 0 Å². The Hall–Kier alpha value is -4.42. The number of nitrogens with zero attached hydrogens (tertiary/aromatic N) is 6. The standard InChI is InChI=1S/C30H36N8O4/c1-31-30(40)33-22-6-4-21(5-7-22)27-34-28(37-13-15-42-16-14-37)24-18-32-38(29(24)35-27)23-9-11-36(12-10-23)19-20-3-8-26(41-2)25(39)17-20/h3-8,17-18,23,39H,9-16,19H2,1-2H3,(H2,31,33,40). The van der Waals surface area contributed by atoms with E-state index in [1.807, 2.05) is 42.6 Å². The molecule has 6 rings (SSSR count). The number of carbonyl (C=O) groups is 1. The number of aromatic nitrogens is 4. The minimum atomic E-state index is -0.271. The summed E-state index contributed by atoms with van der Waals surface area (Å²) in [6, 6.07) is 13.1. The zero-order valence-corrected chi connectivity index (χ0v) is 23.9. The van der Waals surface area contributed by atoms with Crippen LogP contribution in [0.5, 0.6) is 11.5 Å². The summed E-state index contributed by atoms with van der Waals surface area (Å²) in [5.41, 5.74) is 3.43. The zero-order valence-electron chi connectivity index (χ0n) is 23.9. The smallest absolute Gasteiger partial charge is 0.318 e. The van der Waals surface area contributed by atoms with Crippen LogP contribution in [0, 0.1) is 0 Å². The molecule has 2 aliphatic heterocycles. The van der Waals surface area contributed by atoms with E-state index in [4.69, 9.17) is 24.5 Å². The molecule has 2 fully saturated rings. The van der Waals surface area contributed by atoms with E-state index >= 15 is 0 Å². The second kappa shape index (κ2) is 12.2. The van der Waals surface area contributed by atoms with Gasteiger partial charge in [-0.3, -0.25) is 4.90 Å². The van der Waals surface area contributed by atoms with E-state index in [2.05, 4.69) is 25.1 Å². The first kappa shape index (κ1) is 27.7. The van der Waals surface area contributed by atoms with Crippen LogP contribution in [-0.4, -0.2) is 89.3 Å². The number of urea groups is 1. The number of morpholine rings is 1. The quantitative estimate of drug-likeness (QED) is 0.304. The number of amides is 2. The summed E-state index contributed by atoms with van der Waals surface area (Å²) in [5, 5.41) is 21.3. The number of fused-ring (bicyclic) bond motifs is 1. The number of carbonyl (C=O) groups excluding carboxylic acids is 1. The molecule has 2 amide bonds.